The van der Waals surface area contributed by atoms with Crippen LogP contribution in [0.5, 0.6) is 0 Å². The van der Waals surface area contributed by atoms with E-state index in [-0.39, 0.29) is 17.9 Å². The van der Waals surface area contributed by atoms with Gasteiger partial charge in [-0.15, -0.1) is 13.2 Å². The fourth-order valence-corrected chi connectivity index (χ4v) is 2.47. The lowest BCUT2D eigenvalue weighted by atomic mass is 9.95. The molecule has 0 aliphatic carbocycles. The van der Waals surface area contributed by atoms with E-state index in [1.807, 2.05) is 17.1 Å². The number of carbonyl (C=O) groups excluding carboxylic acids is 1. The van der Waals surface area contributed by atoms with Crippen LogP contribution in [0.4, 0.5) is 0 Å². The highest BCUT2D eigenvalue weighted by atomic mass is 16.2. The highest BCUT2D eigenvalue weighted by Gasteiger charge is 2.29. The van der Waals surface area contributed by atoms with Crippen LogP contribution in [0.15, 0.2) is 25.3 Å². The van der Waals surface area contributed by atoms with E-state index < -0.39 is 0 Å². The highest BCUT2D eigenvalue weighted by Crippen LogP contribution is 2.21. The quantitative estimate of drug-likeness (QED) is 0.718. The van der Waals surface area contributed by atoms with Gasteiger partial charge < -0.3 is 10.6 Å². The molecule has 0 radical (unpaired) electrons. The van der Waals surface area contributed by atoms with E-state index in [0.717, 1.165) is 32.2 Å². The van der Waals surface area contributed by atoms with Crippen LogP contribution in [0.2, 0.25) is 0 Å². The topological polar surface area (TPSA) is 46.3 Å². The summed E-state index contributed by atoms with van der Waals surface area (Å²) >= 11 is 0. The maximum Gasteiger partial charge on any atom is 0.226 e. The van der Waals surface area contributed by atoms with Crippen molar-refractivity contribution in [1.82, 2.24) is 4.90 Å². The number of hydrogen-bond acceptors (Lipinski definition) is 2. The highest BCUT2D eigenvalue weighted by molar-refractivity contribution is 5.79. The molecule has 96 valence electrons. The zero-order valence-corrected chi connectivity index (χ0v) is 10.6. The van der Waals surface area contributed by atoms with Crippen LogP contribution < -0.4 is 5.73 Å². The number of nitrogens with zero attached hydrogens (tertiary/aromatic N) is 1. The third-order valence-electron chi connectivity index (χ3n) is 3.43. The average Bonchev–Trinajstić information content (AvgIpc) is 2.37. The summed E-state index contributed by atoms with van der Waals surface area (Å²) in [5.41, 5.74) is 5.75. The summed E-state index contributed by atoms with van der Waals surface area (Å²) in [5.74, 6) is 0.220. The molecule has 0 saturated carbocycles. The van der Waals surface area contributed by atoms with E-state index in [4.69, 9.17) is 5.73 Å². The van der Waals surface area contributed by atoms with Gasteiger partial charge in [0.25, 0.3) is 0 Å². The first kappa shape index (κ1) is 14.0. The van der Waals surface area contributed by atoms with Crippen LogP contribution in [0.25, 0.3) is 0 Å². The second kappa shape index (κ2) is 7.28. The Kier molecular flexibility index (Phi) is 5.98. The molecule has 1 rings (SSSR count). The van der Waals surface area contributed by atoms with Crippen LogP contribution in [-0.2, 0) is 4.79 Å². The van der Waals surface area contributed by atoms with Crippen LogP contribution in [-0.4, -0.2) is 29.9 Å². The van der Waals surface area contributed by atoms with Crippen molar-refractivity contribution in [2.45, 2.75) is 38.1 Å². The third-order valence-corrected chi connectivity index (χ3v) is 3.43. The molecular weight excluding hydrogens is 212 g/mol. The molecule has 1 fully saturated rings. The molecule has 0 aromatic rings. The number of rotatable bonds is 6. The number of carbonyl (C=O) groups is 1. The standard InChI is InChI=1S/C14H24N2O/c1-3-7-12(8-4-2)14(17)16-10-6-5-9-13(16)11-15/h3-4,12-13H,1-2,5-11,15H2. The zero-order valence-electron chi connectivity index (χ0n) is 10.6. The monoisotopic (exact) mass is 236 g/mol. The summed E-state index contributed by atoms with van der Waals surface area (Å²) in [5, 5.41) is 0. The molecule has 1 heterocycles. The molecule has 1 amide bonds. The van der Waals surface area contributed by atoms with Crippen molar-refractivity contribution < 1.29 is 4.79 Å². The van der Waals surface area contributed by atoms with E-state index >= 15 is 0 Å². The Morgan fingerprint density at radius 2 is 2.00 bits per heavy atom. The molecule has 1 aliphatic heterocycles. The predicted octanol–water partition coefficient (Wildman–Crippen LogP) is 2.09. The summed E-state index contributed by atoms with van der Waals surface area (Å²) < 4.78 is 0. The minimum atomic E-state index is -0.00264. The summed E-state index contributed by atoms with van der Waals surface area (Å²) in [6.45, 7) is 8.86. The molecule has 2 N–H and O–H groups in total. The Labute approximate surface area is 104 Å². The van der Waals surface area contributed by atoms with Gasteiger partial charge in [0, 0.05) is 25.0 Å². The van der Waals surface area contributed by atoms with Gasteiger partial charge in [-0.05, 0) is 32.1 Å². The van der Waals surface area contributed by atoms with Crippen LogP contribution in [0.1, 0.15) is 32.1 Å². The first-order valence-corrected chi connectivity index (χ1v) is 6.47. The van der Waals surface area contributed by atoms with Crippen LogP contribution >= 0.6 is 0 Å². The summed E-state index contributed by atoms with van der Waals surface area (Å²) in [6.07, 6.45) is 8.38. The van der Waals surface area contributed by atoms with E-state index in [1.54, 1.807) is 0 Å². The van der Waals surface area contributed by atoms with Crippen molar-refractivity contribution >= 4 is 5.91 Å². The second-order valence-corrected chi connectivity index (χ2v) is 4.66. The lowest BCUT2D eigenvalue weighted by molar-refractivity contribution is -0.138. The number of allylic oxidation sites excluding steroid dienone is 2. The van der Waals surface area contributed by atoms with Gasteiger partial charge in [0.15, 0.2) is 0 Å². The van der Waals surface area contributed by atoms with Crippen molar-refractivity contribution in [3.05, 3.63) is 25.3 Å². The number of hydrogen-bond donors (Lipinski definition) is 1. The Hall–Kier alpha value is -1.09. The van der Waals surface area contributed by atoms with Crippen molar-refractivity contribution in [3.63, 3.8) is 0 Å². The number of likely N-dealkylation sites (tertiary alicyclic amines) is 1. The molecule has 0 aromatic heterocycles. The second-order valence-electron chi connectivity index (χ2n) is 4.66. The van der Waals surface area contributed by atoms with E-state index in [0.29, 0.717) is 6.54 Å². The third kappa shape index (κ3) is 3.70. The van der Waals surface area contributed by atoms with Gasteiger partial charge in [-0.1, -0.05) is 12.2 Å². The number of nitrogens with two attached hydrogens (primary N) is 1. The van der Waals surface area contributed by atoms with E-state index in [1.165, 1.54) is 6.42 Å². The summed E-state index contributed by atoms with van der Waals surface area (Å²) in [4.78, 5) is 14.4. The molecular formula is C14H24N2O. The van der Waals surface area contributed by atoms with Crippen molar-refractivity contribution in [2.75, 3.05) is 13.1 Å². The number of piperidine rings is 1. The lowest BCUT2D eigenvalue weighted by Crippen LogP contribution is -2.49. The minimum absolute atomic E-state index is 0.00264. The zero-order chi connectivity index (χ0) is 12.7. The predicted molar refractivity (Wildman–Crippen MR) is 71.5 cm³/mol. The SMILES string of the molecule is C=CCC(CC=C)C(=O)N1CCCCC1CN. The molecule has 0 bridgehead atoms. The molecule has 0 aromatic carbocycles. The number of amides is 1. The van der Waals surface area contributed by atoms with Crippen LogP contribution in [0, 0.1) is 5.92 Å². The first-order chi connectivity index (χ1) is 8.24. The maximum atomic E-state index is 12.4. The molecule has 1 atom stereocenters. The van der Waals surface area contributed by atoms with Gasteiger partial charge in [-0.25, -0.2) is 0 Å². The molecule has 17 heavy (non-hydrogen) atoms. The summed E-state index contributed by atoms with van der Waals surface area (Å²) in [6, 6.07) is 0.230. The smallest absolute Gasteiger partial charge is 0.226 e. The molecule has 0 spiro atoms. The van der Waals surface area contributed by atoms with Gasteiger partial charge in [0.05, 0.1) is 0 Å². The van der Waals surface area contributed by atoms with E-state index in [2.05, 4.69) is 13.2 Å². The van der Waals surface area contributed by atoms with E-state index in [9.17, 15) is 4.79 Å². The maximum absolute atomic E-state index is 12.4. The normalized spacial score (nSPS) is 20.4. The van der Waals surface area contributed by atoms with Crippen molar-refractivity contribution in [3.8, 4) is 0 Å². The molecule has 1 saturated heterocycles. The average molecular weight is 236 g/mol. The first-order valence-electron chi connectivity index (χ1n) is 6.47. The van der Waals surface area contributed by atoms with Gasteiger partial charge >= 0.3 is 0 Å². The Morgan fingerprint density at radius 1 is 1.35 bits per heavy atom. The molecule has 3 nitrogen and oxygen atoms in total. The lowest BCUT2D eigenvalue weighted by Gasteiger charge is -2.37. The van der Waals surface area contributed by atoms with Crippen LogP contribution in [0.3, 0.4) is 0 Å². The van der Waals surface area contributed by atoms with Gasteiger partial charge in [-0.2, -0.15) is 0 Å². The Bertz CT molecular complexity index is 265. The van der Waals surface area contributed by atoms with Crippen molar-refractivity contribution in [1.29, 1.82) is 0 Å². The molecule has 1 aliphatic rings. The molecule has 3 heteroatoms. The largest absolute Gasteiger partial charge is 0.338 e. The van der Waals surface area contributed by atoms with Crippen molar-refractivity contribution in [2.24, 2.45) is 11.7 Å². The fourth-order valence-electron chi connectivity index (χ4n) is 2.47. The fraction of sp³-hybridized carbons (Fsp3) is 0.643. The van der Waals surface area contributed by atoms with Gasteiger partial charge in [0.2, 0.25) is 5.91 Å². The van der Waals surface area contributed by atoms with Gasteiger partial charge in [0.1, 0.15) is 0 Å². The minimum Gasteiger partial charge on any atom is -0.338 e. The Morgan fingerprint density at radius 3 is 2.53 bits per heavy atom. The Balaban J connectivity index is 2.69. The van der Waals surface area contributed by atoms with Gasteiger partial charge in [-0.3, -0.25) is 4.79 Å². The summed E-state index contributed by atoms with van der Waals surface area (Å²) in [7, 11) is 0. The molecule has 1 unspecified atom stereocenters.